The first-order valence-electron chi connectivity index (χ1n) is 17.0. The fraction of sp³-hybridized carbons (Fsp3) is 0.528. The summed E-state index contributed by atoms with van der Waals surface area (Å²) in [6.45, 7) is 12.9. The number of nitrogens with zero attached hydrogens (tertiary/aromatic N) is 2. The molecule has 1 saturated heterocycles. The molecule has 0 atom stereocenters. The number of nitrogens with one attached hydrogen (secondary N) is 1. The van der Waals surface area contributed by atoms with Gasteiger partial charge in [0.1, 0.15) is 17.9 Å². The van der Waals surface area contributed by atoms with Crippen LogP contribution < -0.4 is 31.2 Å². The van der Waals surface area contributed by atoms with E-state index in [1.165, 1.54) is 0 Å². The predicted octanol–water partition coefficient (Wildman–Crippen LogP) is 3.94. The number of methoxy groups -OCH3 is 1. The molecular weight excluding hydrogens is 632 g/mol. The minimum absolute atomic E-state index is 0.247. The van der Waals surface area contributed by atoms with Crippen molar-refractivity contribution in [2.75, 3.05) is 128 Å². The number of fused-ring (bicyclic) bond motifs is 1. The Hall–Kier alpha value is -3.85. The van der Waals surface area contributed by atoms with Crippen LogP contribution in [0.3, 0.4) is 0 Å². The Morgan fingerprint density at radius 2 is 1.45 bits per heavy atom. The molecule has 2 heterocycles. The SMILES string of the molecule is CCN(CC)c1ccc2cc(/C(N)=C/Nc3ccc(N4CCOCCOCCOCCOCCOCC4)c(OCCOC)c3)c(=O)oc2c1. The average molecular weight is 685 g/mol. The van der Waals surface area contributed by atoms with Crippen LogP contribution in [-0.2, 0) is 28.4 Å². The maximum absolute atomic E-state index is 13.0. The molecular formula is C36H52N4O9. The maximum Gasteiger partial charge on any atom is 0.345 e. The van der Waals surface area contributed by atoms with E-state index in [0.717, 1.165) is 35.5 Å². The third-order valence-electron chi connectivity index (χ3n) is 7.90. The summed E-state index contributed by atoms with van der Waals surface area (Å²) in [5.41, 5.74) is 9.54. The highest BCUT2D eigenvalue weighted by Crippen LogP contribution is 2.32. The van der Waals surface area contributed by atoms with Crippen LogP contribution in [-0.4, -0.2) is 113 Å². The van der Waals surface area contributed by atoms with Gasteiger partial charge in [0.2, 0.25) is 0 Å². The first kappa shape index (κ1) is 38.0. The molecule has 49 heavy (non-hydrogen) atoms. The van der Waals surface area contributed by atoms with Gasteiger partial charge in [0, 0.05) is 68.4 Å². The van der Waals surface area contributed by atoms with Crippen LogP contribution in [0.25, 0.3) is 16.7 Å². The number of hydrogen-bond acceptors (Lipinski definition) is 13. The van der Waals surface area contributed by atoms with Crippen molar-refractivity contribution >= 4 is 33.7 Å². The lowest BCUT2D eigenvalue weighted by Crippen LogP contribution is -2.32. The lowest BCUT2D eigenvalue weighted by molar-refractivity contribution is -0.0116. The molecule has 1 aliphatic heterocycles. The van der Waals surface area contributed by atoms with E-state index in [2.05, 4.69) is 29.0 Å². The first-order chi connectivity index (χ1) is 24.0. The summed E-state index contributed by atoms with van der Waals surface area (Å²) in [6, 6.07) is 13.4. The lowest BCUT2D eigenvalue weighted by Gasteiger charge is -2.27. The Morgan fingerprint density at radius 3 is 2.04 bits per heavy atom. The summed E-state index contributed by atoms with van der Waals surface area (Å²) >= 11 is 0. The van der Waals surface area contributed by atoms with E-state index in [0.29, 0.717) is 104 Å². The number of anilines is 3. The monoisotopic (exact) mass is 684 g/mol. The van der Waals surface area contributed by atoms with Crippen molar-refractivity contribution in [3.05, 3.63) is 64.6 Å². The summed E-state index contributed by atoms with van der Waals surface area (Å²) in [5, 5.41) is 4.01. The fourth-order valence-electron chi connectivity index (χ4n) is 5.23. The Morgan fingerprint density at radius 1 is 0.837 bits per heavy atom. The van der Waals surface area contributed by atoms with Crippen LogP contribution in [0.1, 0.15) is 19.4 Å². The number of ether oxygens (including phenoxy) is 7. The zero-order valence-electron chi connectivity index (χ0n) is 29.1. The molecule has 13 heteroatoms. The van der Waals surface area contributed by atoms with Gasteiger partial charge in [-0.1, -0.05) is 0 Å². The summed E-state index contributed by atoms with van der Waals surface area (Å²) in [6.07, 6.45) is 1.59. The zero-order valence-corrected chi connectivity index (χ0v) is 29.1. The topological polar surface area (TPSA) is 139 Å². The van der Waals surface area contributed by atoms with Crippen LogP contribution >= 0.6 is 0 Å². The molecule has 0 unspecified atom stereocenters. The van der Waals surface area contributed by atoms with Crippen molar-refractivity contribution < 1.29 is 37.6 Å². The molecule has 2 aromatic carbocycles. The highest BCUT2D eigenvalue weighted by molar-refractivity contribution is 5.83. The standard InChI is InChI=1S/C36H52N4O9/c1-4-39(5-2)30-8-6-28-24-31(36(41)49-34(28)26-30)32(37)27-38-29-7-9-33(35(25-29)48-23-14-42-3)40-10-12-43-15-17-45-19-21-47-22-20-46-18-16-44-13-11-40/h6-9,24-27,38H,4-5,10-23,37H2,1-3H3/b32-27-. The molecule has 3 aromatic rings. The Balaban J connectivity index is 1.50. The van der Waals surface area contributed by atoms with Crippen LogP contribution in [0.5, 0.6) is 5.75 Å². The van der Waals surface area contributed by atoms with E-state index in [9.17, 15) is 4.79 Å². The number of rotatable bonds is 11. The third-order valence-corrected chi connectivity index (χ3v) is 7.90. The van der Waals surface area contributed by atoms with Crippen molar-refractivity contribution in [3.63, 3.8) is 0 Å². The van der Waals surface area contributed by atoms with Crippen molar-refractivity contribution in [1.29, 1.82) is 0 Å². The van der Waals surface area contributed by atoms with Gasteiger partial charge in [0.25, 0.3) is 0 Å². The fourth-order valence-corrected chi connectivity index (χ4v) is 5.23. The van der Waals surface area contributed by atoms with Gasteiger partial charge in [-0.15, -0.1) is 0 Å². The molecule has 0 bridgehead atoms. The van der Waals surface area contributed by atoms with Crippen molar-refractivity contribution in [2.24, 2.45) is 5.73 Å². The van der Waals surface area contributed by atoms with Crippen LogP contribution in [0.2, 0.25) is 0 Å². The number of hydrogen-bond donors (Lipinski definition) is 2. The molecule has 0 aliphatic carbocycles. The van der Waals surface area contributed by atoms with E-state index in [4.69, 9.17) is 43.3 Å². The molecule has 0 spiro atoms. The normalized spacial score (nSPS) is 16.6. The van der Waals surface area contributed by atoms with Gasteiger partial charge in [0.15, 0.2) is 0 Å². The highest BCUT2D eigenvalue weighted by Gasteiger charge is 2.15. The van der Waals surface area contributed by atoms with Gasteiger partial charge in [-0.25, -0.2) is 4.79 Å². The molecule has 13 nitrogen and oxygen atoms in total. The van der Waals surface area contributed by atoms with Gasteiger partial charge >= 0.3 is 5.63 Å². The minimum atomic E-state index is -0.505. The molecule has 0 saturated carbocycles. The Bertz CT molecular complexity index is 1480. The molecule has 1 aliphatic rings. The van der Waals surface area contributed by atoms with Crippen molar-refractivity contribution in [2.45, 2.75) is 13.8 Å². The van der Waals surface area contributed by atoms with E-state index < -0.39 is 5.63 Å². The highest BCUT2D eigenvalue weighted by atomic mass is 16.6. The van der Waals surface area contributed by atoms with Gasteiger partial charge in [-0.2, -0.15) is 0 Å². The van der Waals surface area contributed by atoms with Gasteiger partial charge < -0.3 is 58.4 Å². The van der Waals surface area contributed by atoms with Crippen LogP contribution in [0, 0.1) is 0 Å². The van der Waals surface area contributed by atoms with E-state index >= 15 is 0 Å². The van der Waals surface area contributed by atoms with Crippen LogP contribution in [0.4, 0.5) is 17.1 Å². The van der Waals surface area contributed by atoms with Gasteiger partial charge in [-0.3, -0.25) is 0 Å². The summed E-state index contributed by atoms with van der Waals surface area (Å²) in [7, 11) is 1.63. The molecule has 0 radical (unpaired) electrons. The molecule has 4 rings (SSSR count). The quantitative estimate of drug-likeness (QED) is 0.223. The maximum atomic E-state index is 13.0. The second kappa shape index (κ2) is 21.3. The summed E-state index contributed by atoms with van der Waals surface area (Å²) < 4.78 is 45.5. The van der Waals surface area contributed by atoms with E-state index in [1.54, 1.807) is 19.4 Å². The predicted molar refractivity (Wildman–Crippen MR) is 192 cm³/mol. The first-order valence-corrected chi connectivity index (χ1v) is 17.0. The summed E-state index contributed by atoms with van der Waals surface area (Å²) in [4.78, 5) is 17.3. The van der Waals surface area contributed by atoms with Crippen molar-refractivity contribution in [1.82, 2.24) is 0 Å². The minimum Gasteiger partial charge on any atom is -0.489 e. The average Bonchev–Trinajstić information content (AvgIpc) is 3.11. The lowest BCUT2D eigenvalue weighted by atomic mass is 10.1. The zero-order chi connectivity index (χ0) is 34.7. The second-order valence-electron chi connectivity index (χ2n) is 11.2. The number of nitrogens with two attached hydrogens (primary N) is 1. The Kier molecular flexibility index (Phi) is 16.5. The molecule has 0 amide bonds. The number of benzene rings is 2. The van der Waals surface area contributed by atoms with Crippen LogP contribution in [0.15, 0.2) is 57.9 Å². The van der Waals surface area contributed by atoms with Gasteiger partial charge in [0.05, 0.1) is 89.6 Å². The molecule has 270 valence electrons. The molecule has 3 N–H and O–H groups in total. The molecule has 1 aromatic heterocycles. The smallest absolute Gasteiger partial charge is 0.345 e. The van der Waals surface area contributed by atoms with Crippen molar-refractivity contribution in [3.8, 4) is 5.75 Å². The molecule has 1 fully saturated rings. The Labute approximate surface area is 288 Å². The summed E-state index contributed by atoms with van der Waals surface area (Å²) in [5.74, 6) is 0.650. The largest absolute Gasteiger partial charge is 0.489 e. The van der Waals surface area contributed by atoms with E-state index in [1.807, 2.05) is 36.4 Å². The third kappa shape index (κ3) is 12.2. The van der Waals surface area contributed by atoms with E-state index in [-0.39, 0.29) is 11.3 Å². The van der Waals surface area contributed by atoms with Gasteiger partial charge in [-0.05, 0) is 44.2 Å². The second-order valence-corrected chi connectivity index (χ2v) is 11.2.